The number of hydrogen-bond acceptors (Lipinski definition) is 7. The first-order valence-corrected chi connectivity index (χ1v) is 7.75. The lowest BCUT2D eigenvalue weighted by molar-refractivity contribution is -0.123. The van der Waals surface area contributed by atoms with Crippen molar-refractivity contribution in [2.75, 3.05) is 0 Å². The van der Waals surface area contributed by atoms with Crippen LogP contribution in [-0.4, -0.2) is 28.1 Å². The zero-order chi connectivity index (χ0) is 17.0. The molecule has 118 valence electrons. The number of Topliss-reactive ketones (excluding diaryl/α,β-unsaturated/α-hetero) is 2. The van der Waals surface area contributed by atoms with Gasteiger partial charge in [0.1, 0.15) is 22.9 Å². The molecule has 3 N–H and O–H groups in total. The van der Waals surface area contributed by atoms with Crippen molar-refractivity contribution in [3.05, 3.63) is 41.5 Å². The molecule has 0 fully saturated rings. The molecule has 1 atom stereocenters. The normalized spacial score (nSPS) is 20.1. The van der Waals surface area contributed by atoms with Crippen molar-refractivity contribution in [1.29, 1.82) is 5.26 Å². The maximum Gasteiger partial charge on any atom is 0.233 e. The Morgan fingerprint density at radius 1 is 1.30 bits per heavy atom. The first kappa shape index (κ1) is 16.9. The van der Waals surface area contributed by atoms with Gasteiger partial charge in [0.2, 0.25) is 5.12 Å². The fourth-order valence-electron chi connectivity index (χ4n) is 2.11. The number of ketones is 2. The summed E-state index contributed by atoms with van der Waals surface area (Å²) in [5, 5.41) is 9.93. The lowest BCUT2D eigenvalue weighted by Crippen LogP contribution is -2.52. The lowest BCUT2D eigenvalue weighted by atomic mass is 10.1. The number of carbonyl (C=O) groups excluding carboxylic acids is 2. The number of thioether (sulfide) groups is 1. The van der Waals surface area contributed by atoms with E-state index in [4.69, 9.17) is 5.73 Å². The second-order valence-corrected chi connectivity index (χ2v) is 6.39. The molecule has 1 unspecified atom stereocenters. The number of allylic oxidation sites excluding steroid dienone is 1. The van der Waals surface area contributed by atoms with E-state index in [-0.39, 0.29) is 11.6 Å². The Labute approximate surface area is 138 Å². The van der Waals surface area contributed by atoms with Gasteiger partial charge in [0, 0.05) is 6.21 Å². The molecule has 1 aromatic rings. The molecular formula is C16H16N4O2S. The van der Waals surface area contributed by atoms with E-state index in [1.54, 1.807) is 0 Å². The number of nitrogens with one attached hydrogen (secondary N) is 1. The van der Waals surface area contributed by atoms with Crippen LogP contribution in [0, 0.1) is 11.3 Å². The molecule has 7 heteroatoms. The Morgan fingerprint density at radius 3 is 2.43 bits per heavy atom. The second kappa shape index (κ2) is 6.77. The van der Waals surface area contributed by atoms with Gasteiger partial charge in [0.25, 0.3) is 0 Å². The Kier molecular flexibility index (Phi) is 4.98. The van der Waals surface area contributed by atoms with Gasteiger partial charge in [-0.2, -0.15) is 5.26 Å². The maximum absolute atomic E-state index is 11.6. The molecule has 0 saturated carbocycles. The molecule has 0 spiro atoms. The number of carbonyl (C=O) groups is 2. The van der Waals surface area contributed by atoms with E-state index in [0.717, 1.165) is 17.3 Å². The highest BCUT2D eigenvalue weighted by molar-refractivity contribution is 8.02. The maximum atomic E-state index is 11.6. The zero-order valence-corrected chi connectivity index (χ0v) is 13.6. The molecule has 1 heterocycles. The van der Waals surface area contributed by atoms with Crippen LogP contribution in [0.1, 0.15) is 19.4 Å². The Bertz CT molecular complexity index is 722. The summed E-state index contributed by atoms with van der Waals surface area (Å²) in [5.41, 5.74) is 7.81. The number of benzene rings is 1. The number of aliphatic imine (C=N–C) groups is 1. The molecule has 0 amide bonds. The van der Waals surface area contributed by atoms with Crippen LogP contribution in [0.4, 0.5) is 0 Å². The van der Waals surface area contributed by atoms with Crippen LogP contribution in [0.5, 0.6) is 0 Å². The van der Waals surface area contributed by atoms with Crippen molar-refractivity contribution in [3.63, 3.8) is 0 Å². The van der Waals surface area contributed by atoms with Crippen molar-refractivity contribution in [2.45, 2.75) is 24.2 Å². The van der Waals surface area contributed by atoms with Gasteiger partial charge < -0.3 is 5.32 Å². The van der Waals surface area contributed by atoms with Gasteiger partial charge in [-0.1, -0.05) is 42.1 Å². The summed E-state index contributed by atoms with van der Waals surface area (Å²) in [6.45, 7) is 2.67. The molecule has 1 aromatic carbocycles. The molecule has 23 heavy (non-hydrogen) atoms. The van der Waals surface area contributed by atoms with E-state index >= 15 is 0 Å². The number of hydrogen-bond donors (Lipinski definition) is 2. The molecule has 0 radical (unpaired) electrons. The lowest BCUT2D eigenvalue weighted by Gasteiger charge is -2.33. The minimum absolute atomic E-state index is 0.291. The average molecular weight is 328 g/mol. The number of rotatable bonds is 5. The standard InChI is InChI=1S/C16H16N4O2S/c1-10(21)15(11(2)22)23-16(18)19-9-13(8-17)14(20-16)12-6-4-3-5-7-12/h3-7,9,15,20H,18H2,1-2H3. The first-order valence-electron chi connectivity index (χ1n) is 6.87. The Balaban J connectivity index is 2.34. The van der Waals surface area contributed by atoms with Gasteiger partial charge in [0.15, 0.2) is 0 Å². The third-order valence-corrected chi connectivity index (χ3v) is 4.64. The highest BCUT2D eigenvalue weighted by Gasteiger charge is 2.36. The Morgan fingerprint density at radius 2 is 1.91 bits per heavy atom. The number of nitriles is 1. The molecule has 1 aliphatic rings. The van der Waals surface area contributed by atoms with Gasteiger partial charge in [-0.3, -0.25) is 15.3 Å². The third-order valence-electron chi connectivity index (χ3n) is 3.18. The number of nitrogens with zero attached hydrogens (tertiary/aromatic N) is 2. The van der Waals surface area contributed by atoms with E-state index in [1.807, 2.05) is 30.3 Å². The van der Waals surface area contributed by atoms with Crippen molar-refractivity contribution >= 4 is 35.2 Å². The smallest absolute Gasteiger partial charge is 0.233 e. The van der Waals surface area contributed by atoms with Crippen LogP contribution >= 0.6 is 11.8 Å². The minimum Gasteiger partial charge on any atom is -0.339 e. The SMILES string of the molecule is CC(=O)C(SC1(N)N=CC(C#N)=C(c2ccccc2)N1)C(C)=O. The Hall–Kier alpha value is -2.43. The zero-order valence-electron chi connectivity index (χ0n) is 12.7. The van der Waals surface area contributed by atoms with Crippen molar-refractivity contribution in [1.82, 2.24) is 5.32 Å². The molecule has 0 aromatic heterocycles. The van der Waals surface area contributed by atoms with E-state index in [1.165, 1.54) is 20.1 Å². The van der Waals surface area contributed by atoms with Crippen LogP contribution in [0.2, 0.25) is 0 Å². The highest BCUT2D eigenvalue weighted by atomic mass is 32.2. The van der Waals surface area contributed by atoms with Gasteiger partial charge in [0.05, 0.1) is 11.3 Å². The average Bonchev–Trinajstić information content (AvgIpc) is 2.53. The third kappa shape index (κ3) is 3.86. The van der Waals surface area contributed by atoms with Gasteiger partial charge >= 0.3 is 0 Å². The predicted octanol–water partition coefficient (Wildman–Crippen LogP) is 1.45. The fraction of sp³-hybridized carbons (Fsp3) is 0.250. The summed E-state index contributed by atoms with van der Waals surface area (Å²) in [4.78, 5) is 27.4. The molecule has 1 aliphatic heterocycles. The summed E-state index contributed by atoms with van der Waals surface area (Å²) in [5.74, 6) is -0.582. The monoisotopic (exact) mass is 328 g/mol. The minimum atomic E-state index is -1.40. The fourth-order valence-corrected chi connectivity index (χ4v) is 3.08. The van der Waals surface area contributed by atoms with Crippen LogP contribution in [0.15, 0.2) is 40.9 Å². The quantitative estimate of drug-likeness (QED) is 0.625. The topological polar surface area (TPSA) is 108 Å². The van der Waals surface area contributed by atoms with E-state index in [2.05, 4.69) is 16.4 Å². The second-order valence-electron chi connectivity index (χ2n) is 5.07. The molecule has 0 bridgehead atoms. The van der Waals surface area contributed by atoms with E-state index in [0.29, 0.717) is 11.3 Å². The van der Waals surface area contributed by atoms with Gasteiger partial charge in [-0.15, -0.1) is 0 Å². The molecule has 0 aliphatic carbocycles. The van der Waals surface area contributed by atoms with E-state index < -0.39 is 10.4 Å². The van der Waals surface area contributed by atoms with Crippen LogP contribution in [0.25, 0.3) is 5.70 Å². The van der Waals surface area contributed by atoms with E-state index in [9.17, 15) is 14.9 Å². The summed E-state index contributed by atoms with van der Waals surface area (Å²) in [7, 11) is 0. The van der Waals surface area contributed by atoms with Crippen LogP contribution < -0.4 is 11.1 Å². The van der Waals surface area contributed by atoms with Crippen LogP contribution in [0.3, 0.4) is 0 Å². The molecule has 2 rings (SSSR count). The van der Waals surface area contributed by atoms with Gasteiger partial charge in [-0.25, -0.2) is 4.99 Å². The predicted molar refractivity (Wildman–Crippen MR) is 90.3 cm³/mol. The summed E-state index contributed by atoms with van der Waals surface area (Å²) < 4.78 is 0. The summed E-state index contributed by atoms with van der Waals surface area (Å²) in [6, 6.07) is 11.3. The summed E-state index contributed by atoms with van der Waals surface area (Å²) in [6.07, 6.45) is 1.36. The van der Waals surface area contributed by atoms with Crippen molar-refractivity contribution in [3.8, 4) is 6.07 Å². The first-order chi connectivity index (χ1) is 10.9. The largest absolute Gasteiger partial charge is 0.339 e. The van der Waals surface area contributed by atoms with Crippen molar-refractivity contribution in [2.24, 2.45) is 10.7 Å². The van der Waals surface area contributed by atoms with Gasteiger partial charge in [-0.05, 0) is 19.4 Å². The highest BCUT2D eigenvalue weighted by Crippen LogP contribution is 2.31. The molecule has 0 saturated heterocycles. The van der Waals surface area contributed by atoms with Crippen molar-refractivity contribution < 1.29 is 9.59 Å². The molecule has 6 nitrogen and oxygen atoms in total. The summed E-state index contributed by atoms with van der Waals surface area (Å²) >= 11 is 0.921. The molecular weight excluding hydrogens is 312 g/mol. The van der Waals surface area contributed by atoms with Crippen LogP contribution in [-0.2, 0) is 9.59 Å². The number of nitrogens with two attached hydrogens (primary N) is 1.